The SMILES string of the molecule is CNC(=O)c1cccc(-c2cccc(CC(O)(C(=O)Nc3ccc(C#N)c(C(F)(F)F)c3)C3CCN(S(O)(O)c4ccccc4)CC3)c2)c1. The van der Waals surface area contributed by atoms with E-state index in [-0.39, 0.29) is 43.9 Å². The Morgan fingerprint density at radius 3 is 2.20 bits per heavy atom. The van der Waals surface area contributed by atoms with Gasteiger partial charge in [0.1, 0.15) is 5.60 Å². The first kappa shape index (κ1) is 35.6. The maximum absolute atomic E-state index is 14.0. The largest absolute Gasteiger partial charge is 0.417 e. The lowest BCUT2D eigenvalue weighted by Gasteiger charge is -2.48. The van der Waals surface area contributed by atoms with Gasteiger partial charge in [-0.2, -0.15) is 18.4 Å². The number of piperidine rings is 1. The van der Waals surface area contributed by atoms with E-state index >= 15 is 0 Å². The number of hydrogen-bond donors (Lipinski definition) is 5. The summed E-state index contributed by atoms with van der Waals surface area (Å²) in [6.45, 7) is 0.248. The molecule has 1 aliphatic rings. The highest BCUT2D eigenvalue weighted by Crippen LogP contribution is 2.53. The second-order valence-corrected chi connectivity index (χ2v) is 13.8. The number of amides is 2. The number of aliphatic hydroxyl groups is 1. The van der Waals surface area contributed by atoms with Gasteiger partial charge in [-0.05, 0) is 77.9 Å². The zero-order valence-electron chi connectivity index (χ0n) is 26.4. The predicted molar refractivity (Wildman–Crippen MR) is 181 cm³/mol. The van der Waals surface area contributed by atoms with Gasteiger partial charge in [-0.1, -0.05) is 54.6 Å². The molecule has 1 unspecified atom stereocenters. The van der Waals surface area contributed by atoms with Gasteiger partial charge in [0.25, 0.3) is 11.8 Å². The zero-order chi connectivity index (χ0) is 35.4. The fourth-order valence-electron chi connectivity index (χ4n) is 6.10. The lowest BCUT2D eigenvalue weighted by Crippen LogP contribution is -2.54. The van der Waals surface area contributed by atoms with Gasteiger partial charge in [0, 0.05) is 37.8 Å². The summed E-state index contributed by atoms with van der Waals surface area (Å²) in [7, 11) is -1.82. The normalized spacial score (nSPS) is 15.9. The quantitative estimate of drug-likeness (QED) is 0.128. The van der Waals surface area contributed by atoms with Gasteiger partial charge in [-0.25, -0.2) is 4.31 Å². The number of nitrogens with one attached hydrogen (secondary N) is 2. The van der Waals surface area contributed by atoms with Crippen LogP contribution in [0.3, 0.4) is 0 Å². The average Bonchev–Trinajstić information content (AvgIpc) is 3.11. The van der Waals surface area contributed by atoms with E-state index in [2.05, 4.69) is 10.6 Å². The van der Waals surface area contributed by atoms with Crippen LogP contribution >= 0.6 is 10.8 Å². The molecule has 4 aromatic carbocycles. The van der Waals surface area contributed by atoms with Crippen molar-refractivity contribution in [2.24, 2.45) is 5.92 Å². The third-order valence-electron chi connectivity index (χ3n) is 8.73. The molecule has 0 saturated carbocycles. The van der Waals surface area contributed by atoms with Crippen LogP contribution in [-0.2, 0) is 17.4 Å². The van der Waals surface area contributed by atoms with Crippen LogP contribution < -0.4 is 10.6 Å². The van der Waals surface area contributed by atoms with Gasteiger partial charge in [0.05, 0.1) is 22.1 Å². The fourth-order valence-corrected chi connectivity index (χ4v) is 7.64. The second-order valence-electron chi connectivity index (χ2n) is 11.8. The Kier molecular flexibility index (Phi) is 10.5. The number of alkyl halides is 3. The van der Waals surface area contributed by atoms with E-state index in [9.17, 15) is 42.2 Å². The van der Waals surface area contributed by atoms with Gasteiger partial charge in [0.2, 0.25) is 0 Å². The number of nitrogens with zero attached hydrogens (tertiary/aromatic N) is 2. The smallest absolute Gasteiger partial charge is 0.379 e. The third kappa shape index (κ3) is 7.80. The molecule has 13 heteroatoms. The molecule has 4 aromatic rings. The summed E-state index contributed by atoms with van der Waals surface area (Å²) in [5.74, 6) is -1.93. The first-order valence-corrected chi connectivity index (χ1v) is 16.9. The number of benzene rings is 4. The standard InChI is InChI=1S/C36H35F3N4O5S/c1-41-33(44)27-10-6-9-26(20-27)25-8-5-7-24(19-25)22-35(46,34(45)42-30-14-13-28(23-40)32(21-30)36(37,38)39)29-15-17-43(18-16-29)49(47,48)31-11-3-2-4-12-31/h2-14,19-21,29,46-48H,15-18,22H2,1H3,(H,41,44)(H,42,45). The Bertz CT molecular complexity index is 1870. The van der Waals surface area contributed by atoms with E-state index in [1.54, 1.807) is 66.7 Å². The van der Waals surface area contributed by atoms with Crippen molar-refractivity contribution < 1.29 is 37.0 Å². The van der Waals surface area contributed by atoms with Crippen LogP contribution in [0.4, 0.5) is 18.9 Å². The molecule has 1 atom stereocenters. The van der Waals surface area contributed by atoms with Crippen molar-refractivity contribution in [3.05, 3.63) is 119 Å². The summed E-state index contributed by atoms with van der Waals surface area (Å²) in [5, 5.41) is 26.5. The molecule has 1 aliphatic heterocycles. The van der Waals surface area contributed by atoms with Crippen LogP contribution in [0, 0.1) is 17.2 Å². The lowest BCUT2D eigenvalue weighted by atomic mass is 9.76. The number of carbonyl (C=O) groups is 2. The van der Waals surface area contributed by atoms with Crippen LogP contribution in [0.1, 0.15) is 39.9 Å². The molecular formula is C36H35F3N4O5S. The van der Waals surface area contributed by atoms with Crippen molar-refractivity contribution in [1.82, 2.24) is 9.62 Å². The van der Waals surface area contributed by atoms with Gasteiger partial charge in [0.15, 0.2) is 0 Å². The highest BCUT2D eigenvalue weighted by Gasteiger charge is 2.46. The van der Waals surface area contributed by atoms with Crippen molar-refractivity contribution in [1.29, 1.82) is 5.26 Å². The topological polar surface area (TPSA) is 146 Å². The molecule has 0 spiro atoms. The molecule has 1 fully saturated rings. The molecule has 256 valence electrons. The minimum atomic E-state index is -4.85. The molecule has 49 heavy (non-hydrogen) atoms. The monoisotopic (exact) mass is 692 g/mol. The van der Waals surface area contributed by atoms with Crippen molar-refractivity contribution >= 4 is 28.3 Å². The van der Waals surface area contributed by atoms with E-state index in [1.807, 2.05) is 12.1 Å². The second kappa shape index (κ2) is 14.4. The third-order valence-corrected chi connectivity index (χ3v) is 10.7. The predicted octanol–water partition coefficient (Wildman–Crippen LogP) is 6.95. The van der Waals surface area contributed by atoms with E-state index in [4.69, 9.17) is 0 Å². The van der Waals surface area contributed by atoms with E-state index < -0.39 is 45.5 Å². The van der Waals surface area contributed by atoms with Crippen LogP contribution in [0.25, 0.3) is 11.1 Å². The summed E-state index contributed by atoms with van der Waals surface area (Å²) in [4.78, 5) is 26.6. The van der Waals surface area contributed by atoms with Gasteiger partial charge >= 0.3 is 6.18 Å². The van der Waals surface area contributed by atoms with E-state index in [1.165, 1.54) is 23.5 Å². The molecule has 5 N–H and O–H groups in total. The Balaban J connectivity index is 1.46. The van der Waals surface area contributed by atoms with E-state index in [0.717, 1.165) is 6.07 Å². The molecule has 1 heterocycles. The number of halogens is 3. The van der Waals surface area contributed by atoms with E-state index in [0.29, 0.717) is 33.2 Å². The average molecular weight is 693 g/mol. The summed E-state index contributed by atoms with van der Waals surface area (Å²) in [5.41, 5.74) is -1.80. The van der Waals surface area contributed by atoms with Crippen LogP contribution in [0.2, 0.25) is 0 Å². The Morgan fingerprint density at radius 2 is 1.57 bits per heavy atom. The molecule has 0 radical (unpaired) electrons. The molecular weight excluding hydrogens is 657 g/mol. The summed E-state index contributed by atoms with van der Waals surface area (Å²) < 4.78 is 64.8. The Morgan fingerprint density at radius 1 is 0.918 bits per heavy atom. The number of hydrogen-bond acceptors (Lipinski definition) is 7. The first-order chi connectivity index (χ1) is 23.3. The Hall–Kier alpha value is -4.71. The van der Waals surface area contributed by atoms with Crippen molar-refractivity contribution in [3.8, 4) is 17.2 Å². The highest BCUT2D eigenvalue weighted by molar-refractivity contribution is 8.22. The van der Waals surface area contributed by atoms with Crippen LogP contribution in [0.5, 0.6) is 0 Å². The van der Waals surface area contributed by atoms with Crippen molar-refractivity contribution in [2.75, 3.05) is 25.5 Å². The molecule has 5 rings (SSSR count). The number of anilines is 1. The fraction of sp³-hybridized carbons (Fsp3) is 0.250. The molecule has 0 bridgehead atoms. The first-order valence-electron chi connectivity index (χ1n) is 15.4. The van der Waals surface area contributed by atoms with Crippen molar-refractivity contribution in [2.45, 2.75) is 35.9 Å². The molecule has 2 amide bonds. The van der Waals surface area contributed by atoms with Gasteiger partial charge in [-0.3, -0.25) is 18.7 Å². The minimum absolute atomic E-state index is 0.124. The lowest BCUT2D eigenvalue weighted by molar-refractivity contribution is -0.142. The van der Waals surface area contributed by atoms with Crippen LogP contribution in [0.15, 0.2) is 102 Å². The van der Waals surface area contributed by atoms with Gasteiger partial charge in [-0.15, -0.1) is 10.8 Å². The summed E-state index contributed by atoms with van der Waals surface area (Å²) >= 11 is 0. The van der Waals surface area contributed by atoms with Gasteiger partial charge < -0.3 is 15.7 Å². The summed E-state index contributed by atoms with van der Waals surface area (Å²) in [6, 6.07) is 26.6. The minimum Gasteiger partial charge on any atom is -0.379 e. The van der Waals surface area contributed by atoms with Crippen LogP contribution in [-0.4, -0.2) is 56.1 Å². The Labute approximate surface area is 283 Å². The number of nitriles is 1. The zero-order valence-corrected chi connectivity index (χ0v) is 27.3. The van der Waals surface area contributed by atoms with Crippen molar-refractivity contribution in [3.63, 3.8) is 0 Å². The molecule has 1 saturated heterocycles. The maximum atomic E-state index is 14.0. The number of rotatable bonds is 9. The molecule has 0 aromatic heterocycles. The number of carbonyl (C=O) groups excluding carboxylic acids is 2. The highest BCUT2D eigenvalue weighted by atomic mass is 32.3. The maximum Gasteiger partial charge on any atom is 0.417 e. The molecule has 9 nitrogen and oxygen atoms in total. The molecule has 0 aliphatic carbocycles. The summed E-state index contributed by atoms with van der Waals surface area (Å²) in [6.07, 6.45) is -4.74.